The molecule has 0 radical (unpaired) electrons. The van der Waals surface area contributed by atoms with E-state index in [0.29, 0.717) is 19.1 Å². The second-order valence-corrected chi connectivity index (χ2v) is 8.50. The number of ether oxygens (including phenoxy) is 2. The summed E-state index contributed by atoms with van der Waals surface area (Å²) >= 11 is 0. The molecule has 2 aliphatic rings. The Labute approximate surface area is 187 Å². The van der Waals surface area contributed by atoms with Crippen LogP contribution in [0.3, 0.4) is 0 Å². The monoisotopic (exact) mass is 444 g/mol. The van der Waals surface area contributed by atoms with Gasteiger partial charge >= 0.3 is 0 Å². The molecular weight excluding hydrogens is 414 g/mol. The molecule has 1 unspecified atom stereocenters. The number of piperidine rings is 1. The van der Waals surface area contributed by atoms with E-state index in [1.54, 1.807) is 0 Å². The van der Waals surface area contributed by atoms with E-state index < -0.39 is 11.6 Å². The van der Waals surface area contributed by atoms with E-state index in [-0.39, 0.29) is 23.3 Å². The number of aromatic nitrogens is 2. The molecule has 32 heavy (non-hydrogen) atoms. The molecule has 0 aliphatic carbocycles. The first-order valence-corrected chi connectivity index (χ1v) is 11.4. The Hall–Kier alpha value is -2.77. The molecule has 1 fully saturated rings. The summed E-state index contributed by atoms with van der Waals surface area (Å²) < 4.78 is 39.8. The average molecular weight is 445 g/mol. The number of hydrogen-bond acceptors (Lipinski definition) is 6. The van der Waals surface area contributed by atoms with E-state index in [9.17, 15) is 8.78 Å². The number of nitrogens with zero attached hydrogens (tertiary/aromatic N) is 4. The van der Waals surface area contributed by atoms with Gasteiger partial charge in [0, 0.05) is 37.6 Å². The van der Waals surface area contributed by atoms with Gasteiger partial charge in [-0.1, -0.05) is 6.92 Å². The minimum absolute atomic E-state index is 0.0251. The van der Waals surface area contributed by atoms with Crippen molar-refractivity contribution in [2.45, 2.75) is 52.1 Å². The molecule has 0 amide bonds. The highest BCUT2D eigenvalue weighted by atomic mass is 19.1. The lowest BCUT2D eigenvalue weighted by molar-refractivity contribution is 0.244. The third-order valence-electron chi connectivity index (χ3n) is 6.06. The molecule has 3 heterocycles. The van der Waals surface area contributed by atoms with Crippen molar-refractivity contribution in [1.29, 1.82) is 0 Å². The average Bonchev–Trinajstić information content (AvgIpc) is 3.22. The minimum atomic E-state index is -0.714. The highest BCUT2D eigenvalue weighted by Crippen LogP contribution is 2.26. The molecule has 4 rings (SSSR count). The van der Waals surface area contributed by atoms with E-state index in [1.807, 2.05) is 19.3 Å². The van der Waals surface area contributed by atoms with Gasteiger partial charge in [0.05, 0.1) is 13.2 Å². The number of rotatable bonds is 8. The van der Waals surface area contributed by atoms with Crippen LogP contribution in [0.4, 0.5) is 14.7 Å². The van der Waals surface area contributed by atoms with Crippen LogP contribution in [0.1, 0.15) is 50.7 Å². The normalized spacial score (nSPS) is 19.1. The van der Waals surface area contributed by atoms with Gasteiger partial charge in [-0.25, -0.2) is 23.7 Å². The lowest BCUT2D eigenvalue weighted by Gasteiger charge is -2.32. The lowest BCUT2D eigenvalue weighted by atomic mass is 9.92. The van der Waals surface area contributed by atoms with Gasteiger partial charge in [0.2, 0.25) is 11.8 Å². The van der Waals surface area contributed by atoms with Crippen LogP contribution in [0.25, 0.3) is 0 Å². The van der Waals surface area contributed by atoms with Crippen LogP contribution in [0.15, 0.2) is 29.5 Å². The Balaban J connectivity index is 1.20. The van der Waals surface area contributed by atoms with Gasteiger partial charge in [0.15, 0.2) is 0 Å². The Morgan fingerprint density at radius 3 is 2.41 bits per heavy atom. The standard InChI is InChI=1S/C24H30F2N4O2/c1-3-17-14-28-24(29-15-17)30-8-6-18(7-9-30)5-4-10-31-19-11-20(25)22(21(26)12-19)23-27-13-16(2)32-23/h11-12,14-16,18H,3-10,13H2,1-2H3. The topological polar surface area (TPSA) is 59.8 Å². The van der Waals surface area contributed by atoms with Gasteiger partial charge in [-0.05, 0) is 50.5 Å². The number of halogens is 2. The molecule has 0 N–H and O–H groups in total. The van der Waals surface area contributed by atoms with Crippen LogP contribution >= 0.6 is 0 Å². The van der Waals surface area contributed by atoms with Crippen molar-refractivity contribution in [2.24, 2.45) is 10.9 Å². The molecule has 8 heteroatoms. The number of anilines is 1. The second-order valence-electron chi connectivity index (χ2n) is 8.50. The van der Waals surface area contributed by atoms with Crippen molar-refractivity contribution < 1.29 is 18.3 Å². The van der Waals surface area contributed by atoms with E-state index in [4.69, 9.17) is 9.47 Å². The summed E-state index contributed by atoms with van der Waals surface area (Å²) in [6.45, 7) is 6.62. The predicted octanol–water partition coefficient (Wildman–Crippen LogP) is 4.56. The second kappa shape index (κ2) is 10.2. The molecule has 1 atom stereocenters. The van der Waals surface area contributed by atoms with E-state index >= 15 is 0 Å². The predicted molar refractivity (Wildman–Crippen MR) is 119 cm³/mol. The number of hydrogen-bond donors (Lipinski definition) is 0. The summed E-state index contributed by atoms with van der Waals surface area (Å²) in [5, 5.41) is 0. The first kappa shape index (κ1) is 22.4. The maximum atomic E-state index is 14.4. The molecular formula is C24H30F2N4O2. The largest absolute Gasteiger partial charge is 0.493 e. The molecule has 0 bridgehead atoms. The fourth-order valence-electron chi connectivity index (χ4n) is 4.13. The Kier molecular flexibility index (Phi) is 7.17. The quantitative estimate of drug-likeness (QED) is 0.559. The van der Waals surface area contributed by atoms with Crippen molar-refractivity contribution in [1.82, 2.24) is 9.97 Å². The zero-order valence-corrected chi connectivity index (χ0v) is 18.7. The zero-order valence-electron chi connectivity index (χ0n) is 18.7. The first-order chi connectivity index (χ1) is 15.5. The summed E-state index contributed by atoms with van der Waals surface area (Å²) in [6.07, 6.45) is 8.60. The molecule has 2 aliphatic heterocycles. The highest BCUT2D eigenvalue weighted by molar-refractivity contribution is 5.95. The molecule has 2 aromatic rings. The lowest BCUT2D eigenvalue weighted by Crippen LogP contribution is -2.35. The van der Waals surface area contributed by atoms with E-state index in [2.05, 4.69) is 26.8 Å². The molecule has 0 saturated carbocycles. The zero-order chi connectivity index (χ0) is 22.5. The van der Waals surface area contributed by atoms with Crippen LogP contribution < -0.4 is 9.64 Å². The van der Waals surface area contributed by atoms with Crippen molar-refractivity contribution in [3.8, 4) is 5.75 Å². The van der Waals surface area contributed by atoms with Gasteiger partial charge < -0.3 is 14.4 Å². The fourth-order valence-corrected chi connectivity index (χ4v) is 4.13. The van der Waals surface area contributed by atoms with Gasteiger partial charge in [0.1, 0.15) is 29.1 Å². The fraction of sp³-hybridized carbons (Fsp3) is 0.542. The third kappa shape index (κ3) is 5.34. The summed E-state index contributed by atoms with van der Waals surface area (Å²) in [5.41, 5.74) is 0.926. The smallest absolute Gasteiger partial charge is 0.225 e. The van der Waals surface area contributed by atoms with Crippen LogP contribution in [0, 0.1) is 17.6 Å². The number of benzene rings is 1. The molecule has 1 saturated heterocycles. The summed E-state index contributed by atoms with van der Waals surface area (Å²) in [7, 11) is 0. The van der Waals surface area contributed by atoms with Crippen LogP contribution in [0.2, 0.25) is 0 Å². The Morgan fingerprint density at radius 2 is 1.81 bits per heavy atom. The molecule has 172 valence electrons. The van der Waals surface area contributed by atoms with Crippen LogP contribution in [-0.2, 0) is 11.2 Å². The maximum absolute atomic E-state index is 14.4. The van der Waals surface area contributed by atoms with Crippen LogP contribution in [0.5, 0.6) is 5.75 Å². The van der Waals surface area contributed by atoms with Crippen molar-refractivity contribution in [2.75, 3.05) is 31.1 Å². The first-order valence-electron chi connectivity index (χ1n) is 11.4. The van der Waals surface area contributed by atoms with Crippen molar-refractivity contribution in [3.05, 3.63) is 47.3 Å². The van der Waals surface area contributed by atoms with Crippen molar-refractivity contribution in [3.63, 3.8) is 0 Å². The molecule has 1 aromatic heterocycles. The van der Waals surface area contributed by atoms with E-state index in [1.165, 1.54) is 12.1 Å². The van der Waals surface area contributed by atoms with Gasteiger partial charge in [-0.3, -0.25) is 0 Å². The van der Waals surface area contributed by atoms with Gasteiger partial charge in [-0.15, -0.1) is 0 Å². The van der Waals surface area contributed by atoms with Crippen molar-refractivity contribution >= 4 is 11.8 Å². The van der Waals surface area contributed by atoms with Crippen LogP contribution in [-0.4, -0.2) is 48.2 Å². The molecule has 6 nitrogen and oxygen atoms in total. The molecule has 0 spiro atoms. The number of aryl methyl sites for hydroxylation is 1. The minimum Gasteiger partial charge on any atom is -0.493 e. The van der Waals surface area contributed by atoms with Gasteiger partial charge in [0.25, 0.3) is 0 Å². The maximum Gasteiger partial charge on any atom is 0.225 e. The number of aliphatic imine (C=N–C) groups is 1. The highest BCUT2D eigenvalue weighted by Gasteiger charge is 2.25. The molecule has 1 aromatic carbocycles. The SMILES string of the molecule is CCc1cnc(N2CCC(CCCOc3cc(F)c(C4=NCC(C)O4)c(F)c3)CC2)nc1. The third-order valence-corrected chi connectivity index (χ3v) is 6.06. The summed E-state index contributed by atoms with van der Waals surface area (Å²) in [6, 6.07) is 2.41. The van der Waals surface area contributed by atoms with E-state index in [0.717, 1.165) is 56.7 Å². The summed E-state index contributed by atoms with van der Waals surface area (Å²) in [4.78, 5) is 15.2. The Bertz CT molecular complexity index is 921. The Morgan fingerprint density at radius 1 is 1.12 bits per heavy atom. The summed E-state index contributed by atoms with van der Waals surface area (Å²) in [5.74, 6) is 0.207. The van der Waals surface area contributed by atoms with Gasteiger partial charge in [-0.2, -0.15) is 0 Å².